The van der Waals surface area contributed by atoms with E-state index >= 15 is 0 Å². The molecule has 2 rings (SSSR count). The minimum absolute atomic E-state index is 0.326. The van der Waals surface area contributed by atoms with Crippen LogP contribution in [0.2, 0.25) is 0 Å². The van der Waals surface area contributed by atoms with E-state index in [1.54, 1.807) is 13.0 Å². The monoisotopic (exact) mass is 344 g/mol. The average molecular weight is 345 g/mol. The van der Waals surface area contributed by atoms with E-state index in [1.165, 1.54) is 12.1 Å². The molecular weight excluding hydrogens is 332 g/mol. The largest absolute Gasteiger partial charge is 0.504 e. The Hall–Kier alpha value is -2.27. The Bertz CT molecular complexity index is 768. The molecular formula is C16H13BrN2O2. The fourth-order valence-electron chi connectivity index (χ4n) is 1.65. The van der Waals surface area contributed by atoms with Gasteiger partial charge in [-0.05, 0) is 55.0 Å². The summed E-state index contributed by atoms with van der Waals surface area (Å²) in [5, 5.41) is 18.0. The number of hydrogen-bond acceptors (Lipinski definition) is 4. The Balaban J connectivity index is 2.43. The van der Waals surface area contributed by atoms with Gasteiger partial charge < -0.3 is 5.11 Å². The third-order valence-electron chi connectivity index (χ3n) is 2.75. The summed E-state index contributed by atoms with van der Waals surface area (Å²) in [5.74, 6) is -0.326. The van der Waals surface area contributed by atoms with Gasteiger partial charge in [-0.1, -0.05) is 22.5 Å². The Morgan fingerprint density at radius 1 is 1.10 bits per heavy atom. The van der Waals surface area contributed by atoms with Crippen LogP contribution in [0.5, 0.6) is 5.75 Å². The van der Waals surface area contributed by atoms with Gasteiger partial charge in [-0.3, -0.25) is 4.79 Å². The molecule has 0 unspecified atom stereocenters. The molecule has 0 spiro atoms. The lowest BCUT2D eigenvalue weighted by Crippen LogP contribution is -1.95. The molecule has 0 amide bonds. The summed E-state index contributed by atoms with van der Waals surface area (Å²) in [6.45, 7) is 5.46. The van der Waals surface area contributed by atoms with Gasteiger partial charge in [-0.25, -0.2) is 0 Å². The highest BCUT2D eigenvalue weighted by molar-refractivity contribution is 9.10. The van der Waals surface area contributed by atoms with Crippen molar-refractivity contribution < 1.29 is 5.11 Å². The fraction of sp³-hybridized carbons (Fsp3) is 0.0625. The van der Waals surface area contributed by atoms with Crippen molar-refractivity contribution in [3.8, 4) is 5.75 Å². The molecule has 0 aliphatic heterocycles. The van der Waals surface area contributed by atoms with Crippen LogP contribution in [0.3, 0.4) is 0 Å². The number of aromatic hydroxyl groups is 1. The first-order valence-corrected chi connectivity index (χ1v) is 6.97. The van der Waals surface area contributed by atoms with Crippen molar-refractivity contribution in [1.29, 1.82) is 0 Å². The van der Waals surface area contributed by atoms with E-state index in [1.807, 2.05) is 24.3 Å². The average Bonchev–Trinajstić information content (AvgIpc) is 2.60. The minimum atomic E-state index is -0.474. The van der Waals surface area contributed by atoms with E-state index in [2.05, 4.69) is 32.7 Å². The van der Waals surface area contributed by atoms with Crippen LogP contribution in [-0.2, 0) is 0 Å². The van der Waals surface area contributed by atoms with Crippen LogP contribution < -0.4 is 5.43 Å². The molecule has 21 heavy (non-hydrogen) atoms. The highest BCUT2D eigenvalue weighted by Gasteiger charge is 2.05. The van der Waals surface area contributed by atoms with E-state index in [-0.39, 0.29) is 5.75 Å². The molecule has 0 atom stereocenters. The zero-order chi connectivity index (χ0) is 15.4. The summed E-state index contributed by atoms with van der Waals surface area (Å²) in [7, 11) is 0. The molecule has 0 saturated heterocycles. The maximum absolute atomic E-state index is 11.6. The number of hydrogen-bond donors (Lipinski definition) is 1. The highest BCUT2D eigenvalue weighted by Crippen LogP contribution is 2.25. The summed E-state index contributed by atoms with van der Waals surface area (Å²) >= 11 is 3.34. The van der Waals surface area contributed by atoms with Gasteiger partial charge >= 0.3 is 0 Å². The van der Waals surface area contributed by atoms with Crippen molar-refractivity contribution in [1.82, 2.24) is 0 Å². The van der Waals surface area contributed by atoms with E-state index in [0.717, 1.165) is 4.47 Å². The van der Waals surface area contributed by atoms with Gasteiger partial charge in [0.1, 0.15) is 0 Å². The second kappa shape index (κ2) is 6.45. The first-order valence-electron chi connectivity index (χ1n) is 6.18. The van der Waals surface area contributed by atoms with Crippen LogP contribution in [0.15, 0.2) is 68.5 Å². The summed E-state index contributed by atoms with van der Waals surface area (Å²) in [6.07, 6.45) is 0. The molecule has 0 bridgehead atoms. The molecule has 0 saturated carbocycles. The number of rotatable bonds is 3. The van der Waals surface area contributed by atoms with Crippen LogP contribution in [-0.4, -0.2) is 5.11 Å². The Kier molecular flexibility index (Phi) is 4.65. The van der Waals surface area contributed by atoms with E-state index < -0.39 is 5.43 Å². The molecule has 0 fully saturated rings. The number of azo groups is 1. The molecule has 1 N–H and O–H groups in total. The first kappa shape index (κ1) is 15.1. The first-order chi connectivity index (χ1) is 9.97. The van der Waals surface area contributed by atoms with Crippen molar-refractivity contribution in [2.75, 3.05) is 0 Å². The molecule has 4 nitrogen and oxygen atoms in total. The zero-order valence-corrected chi connectivity index (χ0v) is 13.0. The number of allylic oxidation sites excluding steroid dienone is 1. The fourth-order valence-corrected chi connectivity index (χ4v) is 1.91. The van der Waals surface area contributed by atoms with Crippen LogP contribution in [0, 0.1) is 0 Å². The SMILES string of the molecule is C=C(C)c1cc(N=Nc2ccc(Br)cc2)ccc(=O)c1O. The lowest BCUT2D eigenvalue weighted by molar-refractivity contribution is 0.469. The zero-order valence-electron chi connectivity index (χ0n) is 11.4. The normalized spacial score (nSPS) is 10.8. The Labute approximate surface area is 130 Å². The third-order valence-corrected chi connectivity index (χ3v) is 3.28. The van der Waals surface area contributed by atoms with Gasteiger partial charge in [0.05, 0.1) is 11.4 Å². The van der Waals surface area contributed by atoms with Crippen LogP contribution in [0.4, 0.5) is 11.4 Å². The Morgan fingerprint density at radius 3 is 2.29 bits per heavy atom. The second-order valence-corrected chi connectivity index (χ2v) is 5.40. The van der Waals surface area contributed by atoms with E-state index in [0.29, 0.717) is 22.5 Å². The molecule has 106 valence electrons. The van der Waals surface area contributed by atoms with Gasteiger partial charge in [0.2, 0.25) is 5.43 Å². The maximum Gasteiger partial charge on any atom is 0.220 e. The van der Waals surface area contributed by atoms with E-state index in [4.69, 9.17) is 0 Å². The van der Waals surface area contributed by atoms with Crippen LogP contribution in [0.1, 0.15) is 12.5 Å². The van der Waals surface area contributed by atoms with Crippen molar-refractivity contribution >= 4 is 32.9 Å². The molecule has 2 aromatic carbocycles. The highest BCUT2D eigenvalue weighted by atomic mass is 79.9. The van der Waals surface area contributed by atoms with Gasteiger partial charge in [0.25, 0.3) is 0 Å². The lowest BCUT2D eigenvalue weighted by Gasteiger charge is -1.98. The maximum atomic E-state index is 11.6. The van der Waals surface area contributed by atoms with E-state index in [9.17, 15) is 9.90 Å². The predicted molar refractivity (Wildman–Crippen MR) is 87.4 cm³/mol. The number of halogens is 1. The molecule has 0 aliphatic rings. The smallest absolute Gasteiger partial charge is 0.220 e. The summed E-state index contributed by atoms with van der Waals surface area (Å²) in [6, 6.07) is 11.7. The molecule has 2 aromatic rings. The molecule has 5 heteroatoms. The van der Waals surface area contributed by atoms with Crippen molar-refractivity contribution in [3.05, 3.63) is 69.3 Å². The third kappa shape index (κ3) is 3.86. The lowest BCUT2D eigenvalue weighted by atomic mass is 10.1. The predicted octanol–water partition coefficient (Wildman–Crippen LogP) is 4.96. The molecule has 0 heterocycles. The van der Waals surface area contributed by atoms with Gasteiger partial charge in [-0.2, -0.15) is 10.2 Å². The van der Waals surface area contributed by atoms with Crippen molar-refractivity contribution in [2.45, 2.75) is 6.92 Å². The van der Waals surface area contributed by atoms with Gasteiger partial charge in [0, 0.05) is 10.0 Å². The quantitative estimate of drug-likeness (QED) is 0.799. The standard InChI is InChI=1S/C16H13BrN2O2/c1-10(2)14-9-13(7-8-15(20)16(14)21)19-18-12-5-3-11(17)4-6-12/h3-9H,1H2,2H3,(H,20,21). The molecule has 0 aromatic heterocycles. The molecule has 0 aliphatic carbocycles. The van der Waals surface area contributed by atoms with Crippen LogP contribution in [0.25, 0.3) is 5.57 Å². The van der Waals surface area contributed by atoms with Crippen molar-refractivity contribution in [3.63, 3.8) is 0 Å². The summed E-state index contributed by atoms with van der Waals surface area (Å²) in [4.78, 5) is 11.6. The van der Waals surface area contributed by atoms with Gasteiger partial charge in [-0.15, -0.1) is 0 Å². The second-order valence-electron chi connectivity index (χ2n) is 4.49. The Morgan fingerprint density at radius 2 is 1.67 bits per heavy atom. The summed E-state index contributed by atoms with van der Waals surface area (Å²) < 4.78 is 0.957. The molecule has 0 radical (unpaired) electrons. The van der Waals surface area contributed by atoms with Crippen LogP contribution >= 0.6 is 15.9 Å². The van der Waals surface area contributed by atoms with Crippen molar-refractivity contribution in [2.24, 2.45) is 10.2 Å². The minimum Gasteiger partial charge on any atom is -0.504 e. The number of nitrogens with zero attached hydrogens (tertiary/aromatic N) is 2. The number of benzene rings is 1. The van der Waals surface area contributed by atoms with Gasteiger partial charge in [0.15, 0.2) is 5.75 Å². The topological polar surface area (TPSA) is 62.0 Å². The summed E-state index contributed by atoms with van der Waals surface area (Å²) in [5.41, 5.74) is 1.63.